The van der Waals surface area contributed by atoms with E-state index in [2.05, 4.69) is 10.6 Å². The van der Waals surface area contributed by atoms with Crippen LogP contribution < -0.4 is 4.90 Å². The number of aromatic nitrogens is 1. The van der Waals surface area contributed by atoms with Crippen molar-refractivity contribution >= 4 is 17.4 Å². The molecule has 3 aromatic rings. The van der Waals surface area contributed by atoms with Crippen LogP contribution in [-0.4, -0.2) is 35.3 Å². The second-order valence-electron chi connectivity index (χ2n) is 7.37. The van der Waals surface area contributed by atoms with E-state index in [9.17, 15) is 9.59 Å². The molecule has 29 heavy (non-hydrogen) atoms. The standard InChI is InChI=1S/C24H23N3O2/c1-25(2)15-13-23(28)18-9-11-19(12-10-18)24(29)27-17-21-7-5-14-26(21)16-20-6-3-4-8-22(20)27/h3-15H,16-17H2,1-2H3/b15-13+. The second-order valence-corrected chi connectivity index (χ2v) is 7.37. The first kappa shape index (κ1) is 18.7. The van der Waals surface area contributed by atoms with Gasteiger partial charge in [0.25, 0.3) is 5.91 Å². The van der Waals surface area contributed by atoms with E-state index in [-0.39, 0.29) is 11.7 Å². The molecule has 1 amide bonds. The minimum atomic E-state index is -0.0874. The lowest BCUT2D eigenvalue weighted by atomic mass is 10.1. The number of para-hydroxylation sites is 1. The Kier molecular flexibility index (Phi) is 5.04. The Morgan fingerprint density at radius 1 is 0.897 bits per heavy atom. The molecular formula is C24H23N3O2. The van der Waals surface area contributed by atoms with Gasteiger partial charge >= 0.3 is 0 Å². The summed E-state index contributed by atoms with van der Waals surface area (Å²) in [6, 6.07) is 18.9. The summed E-state index contributed by atoms with van der Waals surface area (Å²) in [7, 11) is 3.72. The quantitative estimate of drug-likeness (QED) is 0.505. The van der Waals surface area contributed by atoms with E-state index in [4.69, 9.17) is 0 Å². The second kappa shape index (κ2) is 7.80. The fraction of sp³-hybridized carbons (Fsp3) is 0.167. The maximum Gasteiger partial charge on any atom is 0.258 e. The lowest BCUT2D eigenvalue weighted by molar-refractivity contribution is 0.0982. The molecule has 1 aliphatic heterocycles. The normalized spacial score (nSPS) is 13.0. The summed E-state index contributed by atoms with van der Waals surface area (Å²) >= 11 is 0. The fourth-order valence-corrected chi connectivity index (χ4v) is 3.51. The highest BCUT2D eigenvalue weighted by molar-refractivity contribution is 6.08. The number of nitrogens with zero attached hydrogens (tertiary/aromatic N) is 3. The van der Waals surface area contributed by atoms with Gasteiger partial charge in [-0.25, -0.2) is 0 Å². The number of ketones is 1. The molecule has 1 aromatic heterocycles. The van der Waals surface area contributed by atoms with E-state index in [0.717, 1.165) is 23.5 Å². The number of rotatable bonds is 4. The van der Waals surface area contributed by atoms with Crippen LogP contribution in [0.15, 0.2) is 79.1 Å². The SMILES string of the molecule is CN(C)/C=C/C(=O)c1ccc(C(=O)N2Cc3cccn3Cc3ccccc32)cc1. The molecule has 0 radical (unpaired) electrons. The number of hydrogen-bond acceptors (Lipinski definition) is 3. The summed E-state index contributed by atoms with van der Waals surface area (Å²) < 4.78 is 2.17. The average Bonchev–Trinajstić information content (AvgIpc) is 3.10. The first-order chi connectivity index (χ1) is 14.0. The van der Waals surface area contributed by atoms with Crippen molar-refractivity contribution in [1.29, 1.82) is 0 Å². The van der Waals surface area contributed by atoms with Crippen LogP contribution in [0.2, 0.25) is 0 Å². The van der Waals surface area contributed by atoms with Crippen molar-refractivity contribution in [3.8, 4) is 0 Å². The predicted molar refractivity (Wildman–Crippen MR) is 114 cm³/mol. The van der Waals surface area contributed by atoms with Crippen LogP contribution in [0.25, 0.3) is 0 Å². The van der Waals surface area contributed by atoms with Gasteiger partial charge in [0.1, 0.15) is 0 Å². The maximum atomic E-state index is 13.4. The smallest absolute Gasteiger partial charge is 0.258 e. The summed E-state index contributed by atoms with van der Waals surface area (Å²) in [5.41, 5.74) is 4.25. The Hall–Kier alpha value is -3.60. The minimum Gasteiger partial charge on any atom is -0.383 e. The molecule has 0 saturated heterocycles. The summed E-state index contributed by atoms with van der Waals surface area (Å²) in [4.78, 5) is 29.2. The zero-order valence-electron chi connectivity index (χ0n) is 16.6. The molecule has 5 nitrogen and oxygen atoms in total. The van der Waals surface area contributed by atoms with Gasteiger partial charge in [-0.2, -0.15) is 0 Å². The number of anilines is 1. The summed E-state index contributed by atoms with van der Waals surface area (Å²) in [6.07, 6.45) is 5.28. The van der Waals surface area contributed by atoms with Crippen LogP contribution in [-0.2, 0) is 13.1 Å². The van der Waals surface area contributed by atoms with Crippen LogP contribution >= 0.6 is 0 Å². The van der Waals surface area contributed by atoms with Gasteiger partial charge in [0.2, 0.25) is 0 Å². The van der Waals surface area contributed by atoms with E-state index in [1.54, 1.807) is 30.5 Å². The van der Waals surface area contributed by atoms with E-state index in [1.165, 1.54) is 6.08 Å². The highest BCUT2D eigenvalue weighted by Crippen LogP contribution is 2.29. The summed E-state index contributed by atoms with van der Waals surface area (Å²) in [5, 5.41) is 0. The van der Waals surface area contributed by atoms with Crippen LogP contribution in [0.1, 0.15) is 32.0 Å². The van der Waals surface area contributed by atoms with Gasteiger partial charge in [-0.1, -0.05) is 30.3 Å². The van der Waals surface area contributed by atoms with E-state index >= 15 is 0 Å². The monoisotopic (exact) mass is 385 g/mol. The molecule has 2 heterocycles. The van der Waals surface area contributed by atoms with Gasteiger partial charge in [0, 0.05) is 61.6 Å². The molecule has 2 aromatic carbocycles. The van der Waals surface area contributed by atoms with E-state index < -0.39 is 0 Å². The Morgan fingerprint density at radius 3 is 2.38 bits per heavy atom. The number of amides is 1. The molecule has 1 aliphatic rings. The number of carbonyl (C=O) groups is 2. The number of benzene rings is 2. The predicted octanol–water partition coefficient (Wildman–Crippen LogP) is 3.95. The Morgan fingerprint density at radius 2 is 1.62 bits per heavy atom. The summed E-state index contributed by atoms with van der Waals surface area (Å²) in [6.45, 7) is 1.25. The van der Waals surface area contributed by atoms with Crippen molar-refractivity contribution in [2.24, 2.45) is 0 Å². The van der Waals surface area contributed by atoms with Gasteiger partial charge in [0.05, 0.1) is 6.54 Å². The van der Waals surface area contributed by atoms with E-state index in [1.807, 2.05) is 60.4 Å². The van der Waals surface area contributed by atoms with Gasteiger partial charge in [-0.05, 0) is 35.9 Å². The topological polar surface area (TPSA) is 45.6 Å². The first-order valence-corrected chi connectivity index (χ1v) is 9.56. The maximum absolute atomic E-state index is 13.4. The fourth-order valence-electron chi connectivity index (χ4n) is 3.51. The number of carbonyl (C=O) groups excluding carboxylic acids is 2. The van der Waals surface area contributed by atoms with E-state index in [0.29, 0.717) is 17.7 Å². The van der Waals surface area contributed by atoms with Crippen molar-refractivity contribution in [2.45, 2.75) is 13.1 Å². The largest absolute Gasteiger partial charge is 0.383 e. The van der Waals surface area contributed by atoms with Crippen molar-refractivity contribution in [3.63, 3.8) is 0 Å². The molecule has 0 spiro atoms. The zero-order valence-corrected chi connectivity index (χ0v) is 16.6. The lowest BCUT2D eigenvalue weighted by Gasteiger charge is -2.23. The van der Waals surface area contributed by atoms with Gasteiger partial charge < -0.3 is 14.4 Å². The first-order valence-electron chi connectivity index (χ1n) is 9.56. The molecular weight excluding hydrogens is 362 g/mol. The minimum absolute atomic E-state index is 0.0741. The third-order valence-corrected chi connectivity index (χ3v) is 5.05. The highest BCUT2D eigenvalue weighted by atomic mass is 16.2. The third-order valence-electron chi connectivity index (χ3n) is 5.05. The molecule has 146 valence electrons. The van der Waals surface area contributed by atoms with Crippen molar-refractivity contribution in [2.75, 3.05) is 19.0 Å². The van der Waals surface area contributed by atoms with Gasteiger partial charge in [0.15, 0.2) is 5.78 Å². The molecule has 0 unspecified atom stereocenters. The van der Waals surface area contributed by atoms with Crippen LogP contribution in [0.3, 0.4) is 0 Å². The molecule has 0 saturated carbocycles. The van der Waals surface area contributed by atoms with Crippen molar-refractivity contribution in [3.05, 3.63) is 102 Å². The molecule has 0 N–H and O–H groups in total. The van der Waals surface area contributed by atoms with Crippen LogP contribution in [0.4, 0.5) is 5.69 Å². The summed E-state index contributed by atoms with van der Waals surface area (Å²) in [5.74, 6) is -0.162. The van der Waals surface area contributed by atoms with Gasteiger partial charge in [-0.3, -0.25) is 9.59 Å². The highest BCUT2D eigenvalue weighted by Gasteiger charge is 2.24. The lowest BCUT2D eigenvalue weighted by Crippen LogP contribution is -2.30. The Balaban J connectivity index is 1.63. The number of allylic oxidation sites excluding steroid dienone is 1. The Bertz CT molecular complexity index is 1080. The number of hydrogen-bond donors (Lipinski definition) is 0. The van der Waals surface area contributed by atoms with Crippen LogP contribution in [0.5, 0.6) is 0 Å². The molecule has 0 fully saturated rings. The molecule has 4 rings (SSSR count). The van der Waals surface area contributed by atoms with Crippen molar-refractivity contribution < 1.29 is 9.59 Å². The Labute approximate surface area is 170 Å². The molecule has 0 aliphatic carbocycles. The average molecular weight is 385 g/mol. The number of fused-ring (bicyclic) bond motifs is 2. The van der Waals surface area contributed by atoms with Gasteiger partial charge in [-0.15, -0.1) is 0 Å². The molecule has 5 heteroatoms. The third kappa shape index (κ3) is 3.85. The van der Waals surface area contributed by atoms with Crippen molar-refractivity contribution in [1.82, 2.24) is 9.47 Å². The molecule has 0 bridgehead atoms. The molecule has 0 atom stereocenters. The zero-order chi connectivity index (χ0) is 20.4. The van der Waals surface area contributed by atoms with Crippen LogP contribution in [0, 0.1) is 0 Å².